The van der Waals surface area contributed by atoms with Crippen LogP contribution in [0.5, 0.6) is 5.75 Å². The van der Waals surface area contributed by atoms with Gasteiger partial charge in [0.05, 0.1) is 4.92 Å². The highest BCUT2D eigenvalue weighted by Gasteiger charge is 2.15. The summed E-state index contributed by atoms with van der Waals surface area (Å²) in [5, 5.41) is 10.7. The predicted molar refractivity (Wildman–Crippen MR) is 70.5 cm³/mol. The number of aromatic nitrogens is 1. The minimum absolute atomic E-state index is 0.0231. The summed E-state index contributed by atoms with van der Waals surface area (Å²) in [5.41, 5.74) is -0.147. The molecule has 0 spiro atoms. The summed E-state index contributed by atoms with van der Waals surface area (Å²) in [4.78, 5) is 13.9. The van der Waals surface area contributed by atoms with E-state index >= 15 is 0 Å². The van der Waals surface area contributed by atoms with Gasteiger partial charge in [0.15, 0.2) is 6.79 Å². The van der Waals surface area contributed by atoms with E-state index in [9.17, 15) is 10.1 Å². The molecule has 0 aliphatic heterocycles. The Morgan fingerprint density at radius 3 is 2.78 bits per heavy atom. The van der Waals surface area contributed by atoms with E-state index in [0.29, 0.717) is 6.61 Å². The van der Waals surface area contributed by atoms with Gasteiger partial charge in [0.2, 0.25) is 5.75 Å². The third-order valence-electron chi connectivity index (χ3n) is 2.25. The molecule has 7 heteroatoms. The summed E-state index contributed by atoms with van der Waals surface area (Å²) in [6.07, 6.45) is 2.61. The zero-order valence-corrected chi connectivity index (χ0v) is 11.9. The highest BCUT2D eigenvalue weighted by atomic mass is 28.3. The van der Waals surface area contributed by atoms with Crippen LogP contribution in [0.1, 0.15) is 0 Å². The molecule has 0 aromatic carbocycles. The predicted octanol–water partition coefficient (Wildman–Crippen LogP) is 2.68. The van der Waals surface area contributed by atoms with Crippen LogP contribution in [-0.4, -0.2) is 31.4 Å². The largest absolute Gasteiger partial charge is 0.460 e. The summed E-state index contributed by atoms with van der Waals surface area (Å²) in [7, 11) is -1.11. The molecule has 100 valence electrons. The number of pyridine rings is 1. The van der Waals surface area contributed by atoms with Gasteiger partial charge in [-0.25, -0.2) is 0 Å². The van der Waals surface area contributed by atoms with Gasteiger partial charge in [-0.2, -0.15) is 0 Å². The Kier molecular flexibility index (Phi) is 5.23. The molecule has 0 aliphatic rings. The fourth-order valence-electron chi connectivity index (χ4n) is 1.17. The summed E-state index contributed by atoms with van der Waals surface area (Å²) >= 11 is 0. The van der Waals surface area contributed by atoms with Crippen LogP contribution in [0.15, 0.2) is 18.5 Å². The first-order valence-corrected chi connectivity index (χ1v) is 9.40. The van der Waals surface area contributed by atoms with Crippen molar-refractivity contribution in [3.63, 3.8) is 0 Å². The van der Waals surface area contributed by atoms with Crippen molar-refractivity contribution in [3.8, 4) is 5.75 Å². The average molecular weight is 270 g/mol. The molecule has 0 amide bonds. The van der Waals surface area contributed by atoms with Gasteiger partial charge >= 0.3 is 5.69 Å². The van der Waals surface area contributed by atoms with Crippen molar-refractivity contribution in [1.29, 1.82) is 0 Å². The third-order valence-corrected chi connectivity index (χ3v) is 3.96. The van der Waals surface area contributed by atoms with Crippen molar-refractivity contribution in [3.05, 3.63) is 28.6 Å². The minimum Gasteiger partial charge on any atom is -0.460 e. The Hall–Kier alpha value is -1.47. The average Bonchev–Trinajstić information content (AvgIpc) is 2.27. The van der Waals surface area contributed by atoms with E-state index in [1.807, 2.05) is 0 Å². The van der Waals surface area contributed by atoms with Crippen molar-refractivity contribution in [2.45, 2.75) is 25.7 Å². The van der Waals surface area contributed by atoms with E-state index < -0.39 is 13.0 Å². The van der Waals surface area contributed by atoms with E-state index in [0.717, 1.165) is 12.2 Å². The molecule has 0 radical (unpaired) electrons. The summed E-state index contributed by atoms with van der Waals surface area (Å²) in [6, 6.07) is 2.49. The van der Waals surface area contributed by atoms with Crippen LogP contribution in [-0.2, 0) is 4.74 Å². The fourth-order valence-corrected chi connectivity index (χ4v) is 1.93. The van der Waals surface area contributed by atoms with E-state index in [4.69, 9.17) is 9.47 Å². The van der Waals surface area contributed by atoms with Gasteiger partial charge in [-0.3, -0.25) is 15.1 Å². The SMILES string of the molecule is C[Si](C)(C)CCOCOc1ccncc1[N+](=O)[O-]. The van der Waals surface area contributed by atoms with Crippen LogP contribution < -0.4 is 4.74 Å². The third kappa shape index (κ3) is 5.24. The van der Waals surface area contributed by atoms with Crippen molar-refractivity contribution >= 4 is 13.8 Å². The normalized spacial score (nSPS) is 11.3. The van der Waals surface area contributed by atoms with E-state index in [2.05, 4.69) is 24.6 Å². The molecule has 0 N–H and O–H groups in total. The molecule has 0 saturated heterocycles. The molecular formula is C11H18N2O4Si. The molecule has 1 aromatic rings. The summed E-state index contributed by atoms with van der Waals surface area (Å²) in [6.45, 7) is 7.41. The van der Waals surface area contributed by atoms with Gasteiger partial charge in [0.25, 0.3) is 0 Å². The van der Waals surface area contributed by atoms with Gasteiger partial charge < -0.3 is 9.47 Å². The number of nitro groups is 1. The Labute approximate surface area is 107 Å². The number of rotatable bonds is 7. The monoisotopic (exact) mass is 270 g/mol. The number of ether oxygens (including phenoxy) is 2. The van der Waals surface area contributed by atoms with Gasteiger partial charge in [-0.1, -0.05) is 19.6 Å². The van der Waals surface area contributed by atoms with E-state index in [1.54, 1.807) is 0 Å². The highest BCUT2D eigenvalue weighted by molar-refractivity contribution is 6.76. The van der Waals surface area contributed by atoms with Crippen molar-refractivity contribution in [1.82, 2.24) is 4.98 Å². The molecule has 1 rings (SSSR count). The van der Waals surface area contributed by atoms with Gasteiger partial charge in [-0.05, 0) is 6.04 Å². The first-order valence-electron chi connectivity index (χ1n) is 5.69. The van der Waals surface area contributed by atoms with Gasteiger partial charge in [0.1, 0.15) is 6.20 Å². The molecule has 18 heavy (non-hydrogen) atoms. The second-order valence-corrected chi connectivity index (χ2v) is 10.7. The molecule has 6 nitrogen and oxygen atoms in total. The van der Waals surface area contributed by atoms with Gasteiger partial charge in [-0.15, -0.1) is 0 Å². The number of nitrogens with zero attached hydrogens (tertiary/aromatic N) is 2. The molecule has 1 heterocycles. The lowest BCUT2D eigenvalue weighted by atomic mass is 10.4. The lowest BCUT2D eigenvalue weighted by Crippen LogP contribution is -2.22. The zero-order valence-electron chi connectivity index (χ0n) is 10.9. The minimum atomic E-state index is -1.11. The quantitative estimate of drug-likeness (QED) is 0.250. The van der Waals surface area contributed by atoms with Crippen LogP contribution in [0, 0.1) is 10.1 Å². The molecule has 0 atom stereocenters. The van der Waals surface area contributed by atoms with Crippen molar-refractivity contribution in [2.24, 2.45) is 0 Å². The van der Waals surface area contributed by atoms with Gasteiger partial charge in [0, 0.05) is 26.9 Å². The molecule has 0 fully saturated rings. The number of hydrogen-bond acceptors (Lipinski definition) is 5. The molecule has 0 unspecified atom stereocenters. The standard InChI is InChI=1S/C11H18N2O4Si/c1-18(2,3)7-6-16-9-17-11-4-5-12-8-10(11)13(14)15/h4-5,8H,6-7,9H2,1-3H3. The fraction of sp³-hybridized carbons (Fsp3) is 0.545. The molecule has 0 bridgehead atoms. The topological polar surface area (TPSA) is 74.5 Å². The molecular weight excluding hydrogens is 252 g/mol. The van der Waals surface area contributed by atoms with Crippen LogP contribution in [0.2, 0.25) is 25.7 Å². The first-order chi connectivity index (χ1) is 8.40. The Morgan fingerprint density at radius 2 is 2.17 bits per heavy atom. The number of hydrogen-bond donors (Lipinski definition) is 0. The maximum Gasteiger partial charge on any atom is 0.329 e. The smallest absolute Gasteiger partial charge is 0.329 e. The lowest BCUT2D eigenvalue weighted by Gasteiger charge is -2.15. The lowest BCUT2D eigenvalue weighted by molar-refractivity contribution is -0.386. The van der Waals surface area contributed by atoms with Crippen molar-refractivity contribution < 1.29 is 14.4 Å². The summed E-state index contributed by atoms with van der Waals surface area (Å²) < 4.78 is 10.5. The Morgan fingerprint density at radius 1 is 1.44 bits per heavy atom. The first kappa shape index (κ1) is 14.6. The Bertz CT molecular complexity index is 406. The maximum atomic E-state index is 10.7. The summed E-state index contributed by atoms with van der Waals surface area (Å²) in [5.74, 6) is 0.183. The molecule has 0 saturated carbocycles. The van der Waals surface area contributed by atoms with Crippen LogP contribution >= 0.6 is 0 Å². The van der Waals surface area contributed by atoms with Crippen LogP contribution in [0.25, 0.3) is 0 Å². The second kappa shape index (κ2) is 6.46. The molecule has 1 aromatic heterocycles. The van der Waals surface area contributed by atoms with E-state index in [-0.39, 0.29) is 18.2 Å². The Balaban J connectivity index is 2.38. The van der Waals surface area contributed by atoms with Crippen LogP contribution in [0.4, 0.5) is 5.69 Å². The van der Waals surface area contributed by atoms with Crippen LogP contribution in [0.3, 0.4) is 0 Å². The zero-order chi connectivity index (χ0) is 13.6. The molecule has 0 aliphatic carbocycles. The second-order valence-electron chi connectivity index (χ2n) is 5.08. The highest BCUT2D eigenvalue weighted by Crippen LogP contribution is 2.24. The van der Waals surface area contributed by atoms with Crippen molar-refractivity contribution in [2.75, 3.05) is 13.4 Å². The maximum absolute atomic E-state index is 10.7. The van der Waals surface area contributed by atoms with E-state index in [1.165, 1.54) is 12.3 Å².